The molecule has 10 heteroatoms. The highest BCUT2D eigenvalue weighted by molar-refractivity contribution is 8.00. The summed E-state index contributed by atoms with van der Waals surface area (Å²) in [6, 6.07) is 12.5. The lowest BCUT2D eigenvalue weighted by Gasteiger charge is -2.21. The van der Waals surface area contributed by atoms with E-state index in [-0.39, 0.29) is 17.9 Å². The maximum atomic E-state index is 12.5. The van der Waals surface area contributed by atoms with Crippen LogP contribution >= 0.6 is 46.3 Å². The Morgan fingerprint density at radius 3 is 2.86 bits per heavy atom. The number of thioether (sulfide) groups is 1. The predicted octanol–water partition coefficient (Wildman–Crippen LogP) is 4.78. The third-order valence-electron chi connectivity index (χ3n) is 3.97. The van der Waals surface area contributed by atoms with Gasteiger partial charge >= 0.3 is 0 Å². The second-order valence-electron chi connectivity index (χ2n) is 5.94. The Morgan fingerprint density at radius 1 is 1.21 bits per heavy atom. The molecule has 2 aromatic carbocycles. The number of carbonyl (C=O) groups is 1. The molecule has 2 N–H and O–H groups in total. The zero-order valence-corrected chi connectivity index (χ0v) is 17.5. The number of nitrogens with two attached hydrogens (primary N) is 1. The van der Waals surface area contributed by atoms with Crippen molar-refractivity contribution >= 4 is 63.0 Å². The quantitative estimate of drug-likeness (QED) is 0.560. The van der Waals surface area contributed by atoms with Crippen molar-refractivity contribution in [1.29, 1.82) is 0 Å². The molecule has 4 rings (SSSR count). The Bertz CT molecular complexity index is 1030. The van der Waals surface area contributed by atoms with Gasteiger partial charge in [-0.05, 0) is 35.9 Å². The molecule has 6 nitrogen and oxygen atoms in total. The summed E-state index contributed by atoms with van der Waals surface area (Å²) < 4.78 is 5.70. The van der Waals surface area contributed by atoms with Gasteiger partial charge in [-0.2, -0.15) is 0 Å². The molecule has 1 unspecified atom stereocenters. The van der Waals surface area contributed by atoms with Gasteiger partial charge in [0, 0.05) is 10.7 Å². The molecule has 1 saturated heterocycles. The monoisotopic (exact) mass is 452 g/mol. The van der Waals surface area contributed by atoms with Crippen molar-refractivity contribution in [3.8, 4) is 5.75 Å². The van der Waals surface area contributed by atoms with Crippen LogP contribution in [-0.4, -0.2) is 21.9 Å². The first-order valence-electron chi connectivity index (χ1n) is 8.20. The average molecular weight is 453 g/mol. The van der Waals surface area contributed by atoms with E-state index in [0.29, 0.717) is 37.4 Å². The Kier molecular flexibility index (Phi) is 5.63. The molecule has 1 aliphatic rings. The lowest BCUT2D eigenvalue weighted by Crippen LogP contribution is -2.27. The van der Waals surface area contributed by atoms with Crippen LogP contribution in [0.15, 0.2) is 42.5 Å². The summed E-state index contributed by atoms with van der Waals surface area (Å²) >= 11 is 14.9. The molecule has 0 bridgehead atoms. The molecule has 1 fully saturated rings. The van der Waals surface area contributed by atoms with Crippen LogP contribution in [0.4, 0.5) is 10.8 Å². The van der Waals surface area contributed by atoms with Gasteiger partial charge in [-0.3, -0.25) is 9.69 Å². The lowest BCUT2D eigenvalue weighted by molar-refractivity contribution is -0.115. The summed E-state index contributed by atoms with van der Waals surface area (Å²) in [4.78, 5) is 14.1. The Balaban J connectivity index is 1.51. The summed E-state index contributed by atoms with van der Waals surface area (Å²) in [5.41, 5.74) is 7.50. The van der Waals surface area contributed by atoms with E-state index in [1.807, 2.05) is 24.3 Å². The first-order chi connectivity index (χ1) is 13.5. The molecule has 2 heterocycles. The smallest absolute Gasteiger partial charge is 0.240 e. The largest absolute Gasteiger partial charge is 0.485 e. The molecule has 1 atom stereocenters. The van der Waals surface area contributed by atoms with Crippen LogP contribution in [0.5, 0.6) is 5.75 Å². The predicted molar refractivity (Wildman–Crippen MR) is 114 cm³/mol. The number of carbonyl (C=O) groups excluding carboxylic acids is 1. The minimum Gasteiger partial charge on any atom is -0.485 e. The van der Waals surface area contributed by atoms with Gasteiger partial charge in [0.1, 0.15) is 17.7 Å². The number of aromatic nitrogens is 2. The number of benzene rings is 2. The van der Waals surface area contributed by atoms with Gasteiger partial charge in [-0.1, -0.05) is 46.7 Å². The number of amides is 1. The van der Waals surface area contributed by atoms with Crippen molar-refractivity contribution in [2.24, 2.45) is 0 Å². The maximum Gasteiger partial charge on any atom is 0.240 e. The van der Waals surface area contributed by atoms with Crippen molar-refractivity contribution in [3.05, 3.63) is 63.1 Å². The van der Waals surface area contributed by atoms with Crippen LogP contribution in [-0.2, 0) is 11.4 Å². The van der Waals surface area contributed by atoms with Crippen LogP contribution in [0.25, 0.3) is 0 Å². The summed E-state index contributed by atoms with van der Waals surface area (Å²) in [5, 5.41) is 10.3. The van der Waals surface area contributed by atoms with E-state index in [1.165, 1.54) is 23.1 Å². The van der Waals surface area contributed by atoms with E-state index in [0.717, 1.165) is 5.56 Å². The van der Waals surface area contributed by atoms with Gasteiger partial charge in [0.05, 0.1) is 10.8 Å². The van der Waals surface area contributed by atoms with E-state index in [1.54, 1.807) is 23.1 Å². The molecule has 144 valence electrons. The van der Waals surface area contributed by atoms with Crippen LogP contribution in [0, 0.1) is 0 Å². The summed E-state index contributed by atoms with van der Waals surface area (Å²) in [6.07, 6.45) is 0. The van der Waals surface area contributed by atoms with Gasteiger partial charge < -0.3 is 10.5 Å². The molecule has 1 aromatic heterocycles. The fourth-order valence-electron chi connectivity index (χ4n) is 2.72. The van der Waals surface area contributed by atoms with Crippen molar-refractivity contribution < 1.29 is 9.53 Å². The number of anilines is 2. The Morgan fingerprint density at radius 2 is 2.07 bits per heavy atom. The van der Waals surface area contributed by atoms with E-state index in [9.17, 15) is 4.79 Å². The number of hydrogen-bond donors (Lipinski definition) is 1. The molecule has 0 aliphatic carbocycles. The molecule has 1 amide bonds. The highest BCUT2D eigenvalue weighted by Gasteiger charge is 2.36. The molecule has 28 heavy (non-hydrogen) atoms. The second kappa shape index (κ2) is 8.16. The van der Waals surface area contributed by atoms with Crippen LogP contribution in [0.1, 0.15) is 15.9 Å². The zero-order chi connectivity index (χ0) is 19.7. The third-order valence-corrected chi connectivity index (χ3v) is 6.61. The second-order valence-corrected chi connectivity index (χ2v) is 8.89. The highest BCUT2D eigenvalue weighted by Crippen LogP contribution is 2.43. The fourth-order valence-corrected chi connectivity index (χ4v) is 5.19. The number of rotatable bonds is 5. The first kappa shape index (κ1) is 19.3. The Hall–Kier alpha value is -2.00. The Labute approximate surface area is 179 Å². The normalized spacial score (nSPS) is 16.6. The van der Waals surface area contributed by atoms with Crippen molar-refractivity contribution in [1.82, 2.24) is 10.2 Å². The van der Waals surface area contributed by atoms with Gasteiger partial charge in [0.25, 0.3) is 0 Å². The molecule has 3 aromatic rings. The van der Waals surface area contributed by atoms with Crippen molar-refractivity contribution in [2.75, 3.05) is 16.4 Å². The standard InChI is InChI=1S/C18H14Cl2N4O2S2/c19-11-4-5-14(13(20)7-11)26-8-15-22-23-18(28-15)24-16(25)9-27-17(24)10-2-1-3-12(21)6-10/h1-7,17H,8-9,21H2. The molecule has 0 radical (unpaired) electrons. The van der Waals surface area contributed by atoms with Gasteiger partial charge in [-0.15, -0.1) is 22.0 Å². The molecule has 0 saturated carbocycles. The summed E-state index contributed by atoms with van der Waals surface area (Å²) in [7, 11) is 0. The van der Waals surface area contributed by atoms with Crippen LogP contribution < -0.4 is 15.4 Å². The topological polar surface area (TPSA) is 81.3 Å². The third kappa shape index (κ3) is 4.05. The minimum absolute atomic E-state index is 0.0122. The maximum absolute atomic E-state index is 12.5. The number of nitrogen functional groups attached to an aromatic ring is 1. The SMILES string of the molecule is Nc1cccc(C2SCC(=O)N2c2nnc(COc3ccc(Cl)cc3Cl)s2)c1. The fraction of sp³-hybridized carbons (Fsp3) is 0.167. The minimum atomic E-state index is -0.177. The van der Waals surface area contributed by atoms with E-state index in [4.69, 9.17) is 33.7 Å². The average Bonchev–Trinajstić information content (AvgIpc) is 3.27. The first-order valence-corrected chi connectivity index (χ1v) is 10.8. The van der Waals surface area contributed by atoms with Crippen LogP contribution in [0.2, 0.25) is 10.0 Å². The number of hydrogen-bond acceptors (Lipinski definition) is 7. The molecule has 1 aliphatic heterocycles. The molecule has 0 spiro atoms. The number of nitrogens with zero attached hydrogens (tertiary/aromatic N) is 3. The lowest BCUT2D eigenvalue weighted by atomic mass is 10.2. The van der Waals surface area contributed by atoms with Gasteiger partial charge in [0.15, 0.2) is 5.01 Å². The van der Waals surface area contributed by atoms with Crippen molar-refractivity contribution in [3.63, 3.8) is 0 Å². The van der Waals surface area contributed by atoms with Gasteiger partial charge in [-0.25, -0.2) is 0 Å². The van der Waals surface area contributed by atoms with Gasteiger partial charge in [0.2, 0.25) is 11.0 Å². The van der Waals surface area contributed by atoms with Crippen LogP contribution in [0.3, 0.4) is 0 Å². The summed E-state index contributed by atoms with van der Waals surface area (Å²) in [5.74, 6) is 0.876. The van der Waals surface area contributed by atoms with E-state index >= 15 is 0 Å². The number of halogens is 2. The molecular formula is C18H14Cl2N4O2S2. The van der Waals surface area contributed by atoms with E-state index < -0.39 is 0 Å². The van der Waals surface area contributed by atoms with E-state index in [2.05, 4.69) is 10.2 Å². The summed E-state index contributed by atoms with van der Waals surface area (Å²) in [6.45, 7) is 0.192. The zero-order valence-electron chi connectivity index (χ0n) is 14.3. The highest BCUT2D eigenvalue weighted by atomic mass is 35.5. The molecular weight excluding hydrogens is 439 g/mol. The number of ether oxygens (including phenoxy) is 1. The van der Waals surface area contributed by atoms with Crippen molar-refractivity contribution in [2.45, 2.75) is 12.0 Å².